The molecule has 2 aromatic rings. The van der Waals surface area contributed by atoms with Gasteiger partial charge in [-0.3, -0.25) is 15.2 Å². The largest absolute Gasteiger partial charge is 0.487 e. The lowest BCUT2D eigenvalue weighted by molar-refractivity contribution is 0.0888. The van der Waals surface area contributed by atoms with Crippen molar-refractivity contribution in [2.45, 2.75) is 13.5 Å². The van der Waals surface area contributed by atoms with Gasteiger partial charge in [0.05, 0.1) is 0 Å². The van der Waals surface area contributed by atoms with Crippen LogP contribution in [0.5, 0.6) is 5.75 Å². The van der Waals surface area contributed by atoms with E-state index in [9.17, 15) is 4.79 Å². The fourth-order valence-corrected chi connectivity index (χ4v) is 2.45. The summed E-state index contributed by atoms with van der Waals surface area (Å²) in [5.74, 6) is 0.239. The summed E-state index contributed by atoms with van der Waals surface area (Å²) in [7, 11) is 1.58. The molecule has 116 valence electrons. The highest BCUT2D eigenvalue weighted by Crippen LogP contribution is 2.25. The number of amides is 1. The van der Waals surface area contributed by atoms with Crippen LogP contribution in [-0.4, -0.2) is 23.1 Å². The summed E-state index contributed by atoms with van der Waals surface area (Å²) in [4.78, 5) is 12.6. The van der Waals surface area contributed by atoms with Crippen LogP contribution < -0.4 is 15.9 Å². The van der Waals surface area contributed by atoms with E-state index in [1.54, 1.807) is 18.5 Å². The number of hydrazine groups is 1. The second-order valence-electron chi connectivity index (χ2n) is 4.73. The molecule has 0 saturated carbocycles. The minimum absolute atomic E-state index is 0.0898. The maximum Gasteiger partial charge on any atom is 0.283 e. The van der Waals surface area contributed by atoms with E-state index in [0.717, 1.165) is 5.56 Å². The highest BCUT2D eigenvalue weighted by molar-refractivity contribution is 7.80. The molecule has 5 nitrogen and oxygen atoms in total. The van der Waals surface area contributed by atoms with E-state index >= 15 is 0 Å². The molecule has 0 unspecified atom stereocenters. The fourth-order valence-electron chi connectivity index (χ4n) is 1.68. The zero-order chi connectivity index (χ0) is 16.1. The summed E-state index contributed by atoms with van der Waals surface area (Å²) < 4.78 is 5.73. The number of benzene rings is 1. The smallest absolute Gasteiger partial charge is 0.283 e. The third-order valence-corrected chi connectivity index (χ3v) is 4.12. The van der Waals surface area contributed by atoms with E-state index in [4.69, 9.17) is 22.7 Å². The Morgan fingerprint density at radius 1 is 1.36 bits per heavy atom. The van der Waals surface area contributed by atoms with Crippen LogP contribution in [0.4, 0.5) is 0 Å². The van der Waals surface area contributed by atoms with Gasteiger partial charge in [0.2, 0.25) is 0 Å². The van der Waals surface area contributed by atoms with E-state index < -0.39 is 0 Å². The summed E-state index contributed by atoms with van der Waals surface area (Å²) in [5.41, 5.74) is 10.3. The molecule has 2 rings (SSSR count). The molecule has 0 atom stereocenters. The molecule has 22 heavy (non-hydrogen) atoms. The summed E-state index contributed by atoms with van der Waals surface area (Å²) in [6.07, 6.45) is 0. The van der Waals surface area contributed by atoms with Gasteiger partial charge in [-0.05, 0) is 36.2 Å². The zero-order valence-electron chi connectivity index (χ0n) is 12.3. The Hall–Kier alpha value is -2.12. The van der Waals surface area contributed by atoms with Crippen LogP contribution in [0.2, 0.25) is 0 Å². The normalized spacial score (nSPS) is 10.1. The van der Waals surface area contributed by atoms with E-state index in [0.29, 0.717) is 17.2 Å². The van der Waals surface area contributed by atoms with Crippen LogP contribution in [0, 0.1) is 6.92 Å². The van der Waals surface area contributed by atoms with E-state index in [2.05, 4.69) is 5.43 Å². The van der Waals surface area contributed by atoms with Gasteiger partial charge in [-0.2, -0.15) is 0 Å². The summed E-state index contributed by atoms with van der Waals surface area (Å²) in [6.45, 7) is 2.44. The molecule has 0 bridgehead atoms. The molecular weight excluding hydrogens is 318 g/mol. The molecule has 0 aliphatic heterocycles. The summed E-state index contributed by atoms with van der Waals surface area (Å²) >= 11 is 6.09. The van der Waals surface area contributed by atoms with Crippen LogP contribution in [0.1, 0.15) is 20.8 Å². The first kappa shape index (κ1) is 16.3. The van der Waals surface area contributed by atoms with Crippen LogP contribution in [0.3, 0.4) is 0 Å². The molecule has 7 heteroatoms. The number of nitrogens with zero attached hydrogens (tertiary/aromatic N) is 1. The minimum Gasteiger partial charge on any atom is -0.487 e. The second kappa shape index (κ2) is 7.24. The molecule has 0 spiro atoms. The van der Waals surface area contributed by atoms with Gasteiger partial charge in [0, 0.05) is 7.05 Å². The van der Waals surface area contributed by atoms with E-state index in [1.165, 1.54) is 21.9 Å². The average Bonchev–Trinajstić information content (AvgIpc) is 2.95. The van der Waals surface area contributed by atoms with E-state index in [-0.39, 0.29) is 11.0 Å². The summed E-state index contributed by atoms with van der Waals surface area (Å²) in [6, 6.07) is 9.83. The van der Waals surface area contributed by atoms with Crippen LogP contribution >= 0.6 is 23.6 Å². The molecule has 0 saturated heterocycles. The number of carbonyl (C=O) groups is 1. The topological polar surface area (TPSA) is 67.6 Å². The fraction of sp³-hybridized carbons (Fsp3) is 0.200. The maximum absolute atomic E-state index is 12.2. The zero-order valence-corrected chi connectivity index (χ0v) is 14.0. The van der Waals surface area contributed by atoms with Gasteiger partial charge in [0.25, 0.3) is 5.91 Å². The van der Waals surface area contributed by atoms with Crippen molar-refractivity contribution >= 4 is 34.6 Å². The Morgan fingerprint density at radius 2 is 2.05 bits per heavy atom. The van der Waals surface area contributed by atoms with Gasteiger partial charge in [-0.25, -0.2) is 0 Å². The van der Waals surface area contributed by atoms with Gasteiger partial charge >= 0.3 is 0 Å². The van der Waals surface area contributed by atoms with Crippen molar-refractivity contribution in [3.8, 4) is 5.75 Å². The number of ether oxygens (including phenoxy) is 1. The van der Waals surface area contributed by atoms with Gasteiger partial charge in [0.1, 0.15) is 17.2 Å². The van der Waals surface area contributed by atoms with Crippen molar-refractivity contribution in [2.24, 2.45) is 5.73 Å². The molecule has 0 aliphatic carbocycles. The van der Waals surface area contributed by atoms with Crippen LogP contribution in [0.25, 0.3) is 0 Å². The third-order valence-electron chi connectivity index (χ3n) is 2.95. The number of aryl methyl sites for hydroxylation is 1. The Kier molecular flexibility index (Phi) is 5.35. The molecule has 0 radical (unpaired) electrons. The van der Waals surface area contributed by atoms with Crippen molar-refractivity contribution in [1.82, 2.24) is 10.4 Å². The van der Waals surface area contributed by atoms with Crippen molar-refractivity contribution < 1.29 is 9.53 Å². The predicted molar refractivity (Wildman–Crippen MR) is 91.8 cm³/mol. The Balaban J connectivity index is 2.01. The standard InChI is InChI=1S/C15H17N3O2S2/c1-10-3-5-11(6-4-10)9-20-12-7-8-22-13(12)14(19)17-18(2)15(16)21/h3-8H,9H2,1-2H3,(H2,16,21)(H,17,19). The molecule has 0 aliphatic rings. The van der Waals surface area contributed by atoms with Crippen molar-refractivity contribution in [1.29, 1.82) is 0 Å². The van der Waals surface area contributed by atoms with Crippen molar-refractivity contribution in [3.05, 3.63) is 51.7 Å². The van der Waals surface area contributed by atoms with Crippen molar-refractivity contribution in [3.63, 3.8) is 0 Å². The predicted octanol–water partition coefficient (Wildman–Crippen LogP) is 2.46. The molecule has 0 fully saturated rings. The first-order valence-corrected chi connectivity index (χ1v) is 7.86. The second-order valence-corrected chi connectivity index (χ2v) is 6.06. The lowest BCUT2D eigenvalue weighted by atomic mass is 10.2. The first-order valence-electron chi connectivity index (χ1n) is 6.57. The number of thiocarbonyl (C=S) groups is 1. The quantitative estimate of drug-likeness (QED) is 0.664. The maximum atomic E-state index is 12.2. The molecular formula is C15H17N3O2S2. The molecule has 3 N–H and O–H groups in total. The average molecular weight is 335 g/mol. The SMILES string of the molecule is Cc1ccc(COc2ccsc2C(=O)NN(C)C(N)=S)cc1. The molecule has 1 aromatic carbocycles. The lowest BCUT2D eigenvalue weighted by Crippen LogP contribution is -2.45. The molecule has 1 amide bonds. The number of nitrogens with one attached hydrogen (secondary N) is 1. The number of carbonyl (C=O) groups excluding carboxylic acids is 1. The number of nitrogens with two attached hydrogens (primary N) is 1. The number of thiophene rings is 1. The highest BCUT2D eigenvalue weighted by Gasteiger charge is 2.16. The summed E-state index contributed by atoms with van der Waals surface area (Å²) in [5, 5.41) is 3.19. The Labute approximate surface area is 138 Å². The van der Waals surface area contributed by atoms with Crippen LogP contribution in [-0.2, 0) is 6.61 Å². The van der Waals surface area contributed by atoms with Gasteiger partial charge < -0.3 is 10.5 Å². The lowest BCUT2D eigenvalue weighted by Gasteiger charge is -2.17. The number of hydrogen-bond acceptors (Lipinski definition) is 4. The first-order chi connectivity index (χ1) is 10.5. The van der Waals surface area contributed by atoms with Gasteiger partial charge in [0.15, 0.2) is 5.11 Å². The van der Waals surface area contributed by atoms with Crippen LogP contribution in [0.15, 0.2) is 35.7 Å². The molecule has 1 aromatic heterocycles. The monoisotopic (exact) mass is 335 g/mol. The number of rotatable bonds is 4. The van der Waals surface area contributed by atoms with Gasteiger partial charge in [-0.1, -0.05) is 29.8 Å². The molecule has 1 heterocycles. The Morgan fingerprint density at radius 3 is 2.68 bits per heavy atom. The Bertz CT molecular complexity index is 668. The third kappa shape index (κ3) is 4.19. The van der Waals surface area contributed by atoms with E-state index in [1.807, 2.05) is 31.2 Å². The van der Waals surface area contributed by atoms with Crippen molar-refractivity contribution in [2.75, 3.05) is 7.05 Å². The highest BCUT2D eigenvalue weighted by atomic mass is 32.1. The number of hydrogen-bond donors (Lipinski definition) is 2. The van der Waals surface area contributed by atoms with Gasteiger partial charge in [-0.15, -0.1) is 11.3 Å². The minimum atomic E-state index is -0.302.